The van der Waals surface area contributed by atoms with E-state index in [2.05, 4.69) is 22.3 Å². The van der Waals surface area contributed by atoms with Crippen LogP contribution in [0.4, 0.5) is 0 Å². The molecule has 2 unspecified atom stereocenters. The molecular weight excluding hydrogens is 334 g/mol. The molecule has 25 heavy (non-hydrogen) atoms. The summed E-state index contributed by atoms with van der Waals surface area (Å²) in [5.41, 5.74) is 1.19. The van der Waals surface area contributed by atoms with Gasteiger partial charge in [0.15, 0.2) is 5.82 Å². The van der Waals surface area contributed by atoms with Crippen molar-refractivity contribution in [2.24, 2.45) is 0 Å². The SMILES string of the molecule is O=C(C=Cc1cccs1)N1CC(c2ccccc2)C(c2ncon2)C1. The first-order valence-corrected chi connectivity index (χ1v) is 9.01. The molecule has 0 spiro atoms. The molecule has 2 aromatic heterocycles. The third-order valence-corrected chi connectivity index (χ3v) is 5.34. The van der Waals surface area contributed by atoms with Crippen molar-refractivity contribution in [3.05, 3.63) is 76.6 Å². The molecule has 126 valence electrons. The molecule has 1 amide bonds. The minimum atomic E-state index is 0.0142. The summed E-state index contributed by atoms with van der Waals surface area (Å²) >= 11 is 1.61. The Morgan fingerprint density at radius 3 is 2.72 bits per heavy atom. The van der Waals surface area contributed by atoms with Crippen LogP contribution in [0.3, 0.4) is 0 Å². The van der Waals surface area contributed by atoms with Gasteiger partial charge in [0, 0.05) is 35.9 Å². The zero-order chi connectivity index (χ0) is 17.1. The number of carbonyl (C=O) groups is 1. The van der Waals surface area contributed by atoms with Crippen LogP contribution in [-0.2, 0) is 4.79 Å². The predicted octanol–water partition coefficient (Wildman–Crippen LogP) is 3.55. The van der Waals surface area contributed by atoms with Crippen LogP contribution in [0.15, 0.2) is 64.8 Å². The first kappa shape index (κ1) is 15.8. The van der Waals surface area contributed by atoms with Gasteiger partial charge in [0.2, 0.25) is 12.3 Å². The number of aromatic nitrogens is 2. The second-order valence-electron chi connectivity index (χ2n) is 6.01. The first-order valence-electron chi connectivity index (χ1n) is 8.13. The molecule has 1 aliphatic heterocycles. The molecule has 6 heteroatoms. The molecule has 1 fully saturated rings. The lowest BCUT2D eigenvalue weighted by Crippen LogP contribution is -2.27. The number of thiophene rings is 1. The Morgan fingerprint density at radius 1 is 1.16 bits per heavy atom. The molecule has 3 aromatic rings. The molecule has 5 nitrogen and oxygen atoms in total. The van der Waals surface area contributed by atoms with Gasteiger partial charge in [-0.3, -0.25) is 4.79 Å². The summed E-state index contributed by atoms with van der Waals surface area (Å²) in [5.74, 6) is 0.879. The molecule has 3 heterocycles. The summed E-state index contributed by atoms with van der Waals surface area (Å²) < 4.78 is 4.93. The average Bonchev–Trinajstić information content (AvgIpc) is 3.41. The highest BCUT2D eigenvalue weighted by Crippen LogP contribution is 2.38. The maximum atomic E-state index is 12.6. The Bertz CT molecular complexity index is 844. The predicted molar refractivity (Wildman–Crippen MR) is 96.2 cm³/mol. The van der Waals surface area contributed by atoms with Crippen molar-refractivity contribution < 1.29 is 9.32 Å². The highest BCUT2D eigenvalue weighted by atomic mass is 32.1. The van der Waals surface area contributed by atoms with Crippen LogP contribution in [-0.4, -0.2) is 34.0 Å². The zero-order valence-corrected chi connectivity index (χ0v) is 14.3. The molecule has 0 N–H and O–H groups in total. The minimum Gasteiger partial charge on any atom is -0.343 e. The number of benzene rings is 1. The summed E-state index contributed by atoms with van der Waals surface area (Å²) in [6.07, 6.45) is 4.86. The van der Waals surface area contributed by atoms with E-state index < -0.39 is 0 Å². The number of hydrogen-bond acceptors (Lipinski definition) is 5. The molecule has 1 aliphatic rings. The Hall–Kier alpha value is -2.73. The van der Waals surface area contributed by atoms with Crippen LogP contribution in [0, 0.1) is 0 Å². The second-order valence-corrected chi connectivity index (χ2v) is 6.98. The van der Waals surface area contributed by atoms with Gasteiger partial charge in [-0.25, -0.2) is 0 Å². The maximum absolute atomic E-state index is 12.6. The quantitative estimate of drug-likeness (QED) is 0.675. The van der Waals surface area contributed by atoms with Crippen molar-refractivity contribution >= 4 is 23.3 Å². The third kappa shape index (κ3) is 3.39. The second kappa shape index (κ2) is 7.03. The molecule has 2 atom stereocenters. The van der Waals surface area contributed by atoms with Gasteiger partial charge in [0.05, 0.1) is 0 Å². The van der Waals surface area contributed by atoms with Crippen molar-refractivity contribution in [1.29, 1.82) is 0 Å². The normalized spacial score (nSPS) is 20.4. The van der Waals surface area contributed by atoms with Crippen LogP contribution in [0.1, 0.15) is 28.1 Å². The minimum absolute atomic E-state index is 0.0142. The fourth-order valence-electron chi connectivity index (χ4n) is 3.27. The van der Waals surface area contributed by atoms with Crippen LogP contribution < -0.4 is 0 Å². The van der Waals surface area contributed by atoms with Gasteiger partial charge in [-0.05, 0) is 23.1 Å². The van der Waals surface area contributed by atoms with Gasteiger partial charge in [-0.1, -0.05) is 41.6 Å². The van der Waals surface area contributed by atoms with Crippen LogP contribution in [0.25, 0.3) is 6.08 Å². The van der Waals surface area contributed by atoms with Crippen LogP contribution in [0.5, 0.6) is 0 Å². The molecule has 4 rings (SSSR count). The highest BCUT2D eigenvalue weighted by molar-refractivity contribution is 7.10. The number of nitrogens with zero attached hydrogens (tertiary/aromatic N) is 3. The zero-order valence-electron chi connectivity index (χ0n) is 13.5. The van der Waals surface area contributed by atoms with Gasteiger partial charge in [0.1, 0.15) is 0 Å². The van der Waals surface area contributed by atoms with E-state index in [0.717, 1.165) is 4.88 Å². The molecule has 0 saturated carbocycles. The fraction of sp³-hybridized carbons (Fsp3) is 0.211. The summed E-state index contributed by atoms with van der Waals surface area (Å²) in [6.45, 7) is 1.24. The molecule has 1 aromatic carbocycles. The van der Waals surface area contributed by atoms with E-state index >= 15 is 0 Å². The highest BCUT2D eigenvalue weighted by Gasteiger charge is 2.38. The van der Waals surface area contributed by atoms with E-state index in [4.69, 9.17) is 4.52 Å². The number of likely N-dealkylation sites (tertiary alicyclic amines) is 1. The number of rotatable bonds is 4. The number of carbonyl (C=O) groups excluding carboxylic acids is 1. The monoisotopic (exact) mass is 351 g/mol. The van der Waals surface area contributed by atoms with E-state index in [1.54, 1.807) is 17.4 Å². The van der Waals surface area contributed by atoms with Crippen LogP contribution in [0.2, 0.25) is 0 Å². The van der Waals surface area contributed by atoms with E-state index in [1.807, 2.05) is 46.7 Å². The Morgan fingerprint density at radius 2 is 2.00 bits per heavy atom. The Labute approximate surface area is 149 Å². The fourth-order valence-corrected chi connectivity index (χ4v) is 3.89. The van der Waals surface area contributed by atoms with Crippen molar-refractivity contribution in [2.75, 3.05) is 13.1 Å². The molecule has 0 bridgehead atoms. The molecule has 1 saturated heterocycles. The van der Waals surface area contributed by atoms with Gasteiger partial charge in [0.25, 0.3) is 0 Å². The van der Waals surface area contributed by atoms with Crippen LogP contribution >= 0.6 is 11.3 Å². The summed E-state index contributed by atoms with van der Waals surface area (Å²) in [5, 5.41) is 6.01. The van der Waals surface area contributed by atoms with E-state index in [-0.39, 0.29) is 17.7 Å². The number of hydrogen-bond donors (Lipinski definition) is 0. The lowest BCUT2D eigenvalue weighted by atomic mass is 9.88. The largest absolute Gasteiger partial charge is 0.343 e. The van der Waals surface area contributed by atoms with Crippen molar-refractivity contribution in [3.63, 3.8) is 0 Å². The van der Waals surface area contributed by atoms with Gasteiger partial charge in [-0.2, -0.15) is 4.98 Å². The molecule has 0 radical (unpaired) electrons. The van der Waals surface area contributed by atoms with Gasteiger partial charge >= 0.3 is 0 Å². The van der Waals surface area contributed by atoms with Crippen molar-refractivity contribution in [1.82, 2.24) is 15.0 Å². The third-order valence-electron chi connectivity index (χ3n) is 4.50. The molecule has 0 aliphatic carbocycles. The van der Waals surface area contributed by atoms with Crippen molar-refractivity contribution in [3.8, 4) is 0 Å². The first-order chi connectivity index (χ1) is 12.3. The Balaban J connectivity index is 1.56. The Kier molecular flexibility index (Phi) is 4.43. The summed E-state index contributed by atoms with van der Waals surface area (Å²) in [6, 6.07) is 14.2. The summed E-state index contributed by atoms with van der Waals surface area (Å²) in [4.78, 5) is 19.8. The van der Waals surface area contributed by atoms with Crippen molar-refractivity contribution in [2.45, 2.75) is 11.8 Å². The van der Waals surface area contributed by atoms with E-state index in [1.165, 1.54) is 12.0 Å². The van der Waals surface area contributed by atoms with E-state index in [0.29, 0.717) is 18.9 Å². The molecular formula is C19H17N3O2S. The maximum Gasteiger partial charge on any atom is 0.246 e. The lowest BCUT2D eigenvalue weighted by Gasteiger charge is -2.15. The standard InChI is InChI=1S/C19H17N3O2S/c23-18(9-8-15-7-4-10-25-15)22-11-16(14-5-2-1-3-6-14)17(12-22)19-20-13-24-21-19/h1-10,13,16-17H,11-12H2. The number of amides is 1. The van der Waals surface area contributed by atoms with E-state index in [9.17, 15) is 4.79 Å². The van der Waals surface area contributed by atoms with Gasteiger partial charge in [-0.15, -0.1) is 11.3 Å². The average molecular weight is 351 g/mol. The van der Waals surface area contributed by atoms with Gasteiger partial charge < -0.3 is 9.42 Å². The summed E-state index contributed by atoms with van der Waals surface area (Å²) in [7, 11) is 0. The lowest BCUT2D eigenvalue weighted by molar-refractivity contribution is -0.125. The smallest absolute Gasteiger partial charge is 0.246 e. The topological polar surface area (TPSA) is 59.2 Å².